The number of nitrogens with one attached hydrogen (secondary N) is 2. The van der Waals surface area contributed by atoms with E-state index in [1.807, 2.05) is 0 Å². The normalized spacial score (nSPS) is 19.7. The molecule has 1 aromatic carbocycles. The molecule has 0 radical (unpaired) electrons. The molecule has 1 fully saturated rings. The first kappa shape index (κ1) is 18.9. The molecule has 7 nitrogen and oxygen atoms in total. The van der Waals surface area contributed by atoms with Gasteiger partial charge in [0.05, 0.1) is 26.4 Å². The van der Waals surface area contributed by atoms with Crippen molar-refractivity contribution in [2.24, 2.45) is 5.92 Å². The van der Waals surface area contributed by atoms with Crippen LogP contribution >= 0.6 is 0 Å². The number of aromatic nitrogens is 1. The predicted octanol–water partition coefficient (Wildman–Crippen LogP) is 1.77. The van der Waals surface area contributed by atoms with Gasteiger partial charge in [0, 0.05) is 12.3 Å². The third kappa shape index (κ3) is 3.95. The molecule has 1 heterocycles. The minimum absolute atomic E-state index is 0.0401. The highest BCUT2D eigenvalue weighted by Gasteiger charge is 2.36. The molecule has 3 rings (SSSR count). The van der Waals surface area contributed by atoms with Crippen LogP contribution in [0.25, 0.3) is 0 Å². The van der Waals surface area contributed by atoms with Crippen LogP contribution in [0.3, 0.4) is 0 Å². The fourth-order valence-electron chi connectivity index (χ4n) is 3.22. The first-order chi connectivity index (χ1) is 12.9. The fraction of sp³-hybridized carbons (Fsp3) is 0.368. The summed E-state index contributed by atoms with van der Waals surface area (Å²) in [6.07, 6.45) is 1.88. The Balaban J connectivity index is 1.86. The number of rotatable bonds is 6. The van der Waals surface area contributed by atoms with Gasteiger partial charge in [0.25, 0.3) is 5.91 Å². The Kier molecular flexibility index (Phi) is 5.46. The molecule has 1 aliphatic carbocycles. The molecule has 1 aliphatic rings. The lowest BCUT2D eigenvalue weighted by atomic mass is 9.75. The number of carbonyl (C=O) groups excluding carboxylic acids is 1. The van der Waals surface area contributed by atoms with Crippen LogP contribution < -0.4 is 20.2 Å². The van der Waals surface area contributed by atoms with Gasteiger partial charge in [-0.3, -0.25) is 9.59 Å². The monoisotopic (exact) mass is 376 g/mol. The summed E-state index contributed by atoms with van der Waals surface area (Å²) in [6, 6.07) is 5.12. The molecule has 0 bridgehead atoms. The summed E-state index contributed by atoms with van der Waals surface area (Å²) in [4.78, 5) is 27.2. The van der Waals surface area contributed by atoms with E-state index in [-0.39, 0.29) is 23.1 Å². The average molecular weight is 376 g/mol. The summed E-state index contributed by atoms with van der Waals surface area (Å²) in [5.74, 6) is -0.870. The molecular weight excluding hydrogens is 355 g/mol. The lowest BCUT2D eigenvalue weighted by Gasteiger charge is -2.38. The Morgan fingerprint density at radius 1 is 1.26 bits per heavy atom. The number of aliphatic hydroxyl groups is 1. The molecule has 0 aliphatic heterocycles. The number of hydrogen-bond acceptors (Lipinski definition) is 5. The molecule has 0 saturated heterocycles. The number of methoxy groups -OCH3 is 2. The maximum absolute atomic E-state index is 14.1. The number of pyridine rings is 1. The van der Waals surface area contributed by atoms with Crippen LogP contribution in [0, 0.1) is 11.7 Å². The van der Waals surface area contributed by atoms with Crippen LogP contribution in [0.1, 0.15) is 34.9 Å². The Morgan fingerprint density at radius 2 is 1.96 bits per heavy atom. The third-order valence-electron chi connectivity index (χ3n) is 4.78. The van der Waals surface area contributed by atoms with Crippen LogP contribution in [0.5, 0.6) is 11.5 Å². The van der Waals surface area contributed by atoms with Gasteiger partial charge in [-0.25, -0.2) is 4.39 Å². The van der Waals surface area contributed by atoms with Gasteiger partial charge in [-0.05, 0) is 36.5 Å². The molecule has 27 heavy (non-hydrogen) atoms. The number of hydrogen-bond donors (Lipinski definition) is 3. The first-order valence-corrected chi connectivity index (χ1v) is 8.52. The standard InChI is InChI=1S/C19H21FN2O5/c1-26-16-4-3-10(7-13(16)20)18(11-5-12(23)6-11)22-19(25)14-8-15(24)17(27-2)9-21-14/h3-4,7-9,11-12,18,23H,5-6H2,1-2H3,(H,21,24)(H,22,25)/t11?,12?,18-/m0/s1. The van der Waals surface area contributed by atoms with Crippen molar-refractivity contribution in [2.45, 2.75) is 25.0 Å². The second-order valence-electron chi connectivity index (χ2n) is 6.51. The summed E-state index contributed by atoms with van der Waals surface area (Å²) < 4.78 is 23.9. The van der Waals surface area contributed by atoms with Crippen LogP contribution in [-0.2, 0) is 0 Å². The van der Waals surface area contributed by atoms with Crippen molar-refractivity contribution >= 4 is 5.91 Å². The fourth-order valence-corrected chi connectivity index (χ4v) is 3.22. The first-order valence-electron chi connectivity index (χ1n) is 8.52. The highest BCUT2D eigenvalue weighted by atomic mass is 19.1. The van der Waals surface area contributed by atoms with Crippen molar-refractivity contribution in [1.82, 2.24) is 10.3 Å². The van der Waals surface area contributed by atoms with E-state index >= 15 is 0 Å². The quantitative estimate of drug-likeness (QED) is 0.713. The predicted molar refractivity (Wildman–Crippen MR) is 95.5 cm³/mol. The number of benzene rings is 1. The third-order valence-corrected chi connectivity index (χ3v) is 4.78. The number of aromatic amines is 1. The van der Waals surface area contributed by atoms with Gasteiger partial charge in [0.2, 0.25) is 5.43 Å². The van der Waals surface area contributed by atoms with Crippen molar-refractivity contribution in [3.8, 4) is 11.5 Å². The van der Waals surface area contributed by atoms with E-state index in [1.54, 1.807) is 6.07 Å². The molecule has 144 valence electrons. The van der Waals surface area contributed by atoms with E-state index in [0.29, 0.717) is 18.4 Å². The van der Waals surface area contributed by atoms with Gasteiger partial charge in [0.1, 0.15) is 5.69 Å². The van der Waals surface area contributed by atoms with Crippen LogP contribution in [-0.4, -0.2) is 36.3 Å². The van der Waals surface area contributed by atoms with Gasteiger partial charge in [-0.2, -0.15) is 0 Å². The Hall–Kier alpha value is -2.87. The smallest absolute Gasteiger partial charge is 0.268 e. The van der Waals surface area contributed by atoms with Crippen molar-refractivity contribution in [3.63, 3.8) is 0 Å². The maximum Gasteiger partial charge on any atom is 0.268 e. The van der Waals surface area contributed by atoms with Crippen molar-refractivity contribution in [1.29, 1.82) is 0 Å². The van der Waals surface area contributed by atoms with Gasteiger partial charge >= 0.3 is 0 Å². The van der Waals surface area contributed by atoms with Crippen LogP contribution in [0.15, 0.2) is 35.3 Å². The molecule has 1 saturated carbocycles. The summed E-state index contributed by atoms with van der Waals surface area (Å²) in [5, 5.41) is 12.5. The molecule has 2 aromatic rings. The minimum Gasteiger partial charge on any atom is -0.494 e. The molecule has 0 spiro atoms. The average Bonchev–Trinajstić information content (AvgIpc) is 2.63. The van der Waals surface area contributed by atoms with E-state index in [9.17, 15) is 19.1 Å². The molecular formula is C19H21FN2O5. The maximum atomic E-state index is 14.1. The molecule has 1 amide bonds. The highest BCUT2D eigenvalue weighted by molar-refractivity contribution is 5.92. The van der Waals surface area contributed by atoms with Crippen molar-refractivity contribution < 1.29 is 23.8 Å². The Labute approximate surface area is 155 Å². The van der Waals surface area contributed by atoms with Gasteiger partial charge < -0.3 is 24.9 Å². The van der Waals surface area contributed by atoms with Gasteiger partial charge in [0.15, 0.2) is 17.3 Å². The molecule has 0 unspecified atom stereocenters. The van der Waals surface area contributed by atoms with E-state index in [1.165, 1.54) is 32.5 Å². The lowest BCUT2D eigenvalue weighted by molar-refractivity contribution is 0.0234. The summed E-state index contributed by atoms with van der Waals surface area (Å²) in [5.41, 5.74) is 0.210. The largest absolute Gasteiger partial charge is 0.494 e. The Morgan fingerprint density at radius 3 is 2.52 bits per heavy atom. The van der Waals surface area contributed by atoms with Gasteiger partial charge in [-0.1, -0.05) is 6.07 Å². The molecule has 8 heteroatoms. The number of ether oxygens (including phenoxy) is 2. The zero-order chi connectivity index (χ0) is 19.6. The van der Waals surface area contributed by atoms with Crippen molar-refractivity contribution in [3.05, 3.63) is 57.8 Å². The topological polar surface area (TPSA) is 101 Å². The van der Waals surface area contributed by atoms with E-state index < -0.39 is 29.3 Å². The van der Waals surface area contributed by atoms with Crippen molar-refractivity contribution in [2.75, 3.05) is 14.2 Å². The minimum atomic E-state index is -0.535. The number of amides is 1. The lowest BCUT2D eigenvalue weighted by Crippen LogP contribution is -2.41. The zero-order valence-electron chi connectivity index (χ0n) is 15.0. The van der Waals surface area contributed by atoms with Crippen LogP contribution in [0.4, 0.5) is 4.39 Å². The van der Waals surface area contributed by atoms with Crippen LogP contribution in [0.2, 0.25) is 0 Å². The number of H-pyrrole nitrogens is 1. The SMILES string of the molecule is COc1ccc([C@H](NC(=O)c2cc(=O)c(OC)c[nH]2)C2CC(O)C2)cc1F. The second kappa shape index (κ2) is 7.79. The number of carbonyl (C=O) groups is 1. The highest BCUT2D eigenvalue weighted by Crippen LogP contribution is 2.39. The van der Waals surface area contributed by atoms with Gasteiger partial charge in [-0.15, -0.1) is 0 Å². The number of halogens is 1. The molecule has 1 atom stereocenters. The van der Waals surface area contributed by atoms with E-state index in [4.69, 9.17) is 9.47 Å². The zero-order valence-corrected chi connectivity index (χ0v) is 15.0. The second-order valence-corrected chi connectivity index (χ2v) is 6.51. The summed E-state index contributed by atoms with van der Waals surface area (Å²) in [7, 11) is 2.74. The molecule has 1 aromatic heterocycles. The Bertz CT molecular complexity index is 892. The van der Waals surface area contributed by atoms with E-state index in [2.05, 4.69) is 10.3 Å². The van der Waals surface area contributed by atoms with E-state index in [0.717, 1.165) is 6.07 Å². The molecule has 3 N–H and O–H groups in total. The summed E-state index contributed by atoms with van der Waals surface area (Å²) in [6.45, 7) is 0. The summed E-state index contributed by atoms with van der Waals surface area (Å²) >= 11 is 0. The number of aliphatic hydroxyl groups excluding tert-OH is 1.